The summed E-state index contributed by atoms with van der Waals surface area (Å²) in [6.07, 6.45) is 11.1. The summed E-state index contributed by atoms with van der Waals surface area (Å²) in [6, 6.07) is 10.4. The number of aromatic nitrogens is 4. The molecule has 1 aromatic carbocycles. The molecule has 0 fully saturated rings. The van der Waals surface area contributed by atoms with E-state index in [0.717, 1.165) is 52.3 Å². The van der Waals surface area contributed by atoms with Crippen molar-refractivity contribution in [1.82, 2.24) is 20.0 Å². The molecular formula is C22H21N5O. The molecule has 3 heterocycles. The van der Waals surface area contributed by atoms with Crippen molar-refractivity contribution in [3.8, 4) is 0 Å². The maximum absolute atomic E-state index is 5.44. The molecule has 1 atom stereocenters. The minimum absolute atomic E-state index is 0.0935. The maximum atomic E-state index is 5.44. The highest BCUT2D eigenvalue weighted by molar-refractivity contribution is 5.78. The van der Waals surface area contributed by atoms with Crippen LogP contribution in [0.4, 0.5) is 0 Å². The minimum Gasteiger partial charge on any atom is -0.501 e. The maximum Gasteiger partial charge on any atom is 0.174 e. The van der Waals surface area contributed by atoms with Gasteiger partial charge in [0.15, 0.2) is 5.49 Å². The van der Waals surface area contributed by atoms with Crippen LogP contribution in [-0.2, 0) is 11.3 Å². The SMILES string of the molecule is COC1=CC(C2CC=c3nnn(Cc4ccc5ncccc5c4)c3=N2)=CCC1. The average Bonchev–Trinajstić information content (AvgIpc) is 3.15. The number of allylic oxidation sites excluding steroid dienone is 2. The van der Waals surface area contributed by atoms with Gasteiger partial charge in [0.2, 0.25) is 0 Å². The molecule has 2 aromatic heterocycles. The Morgan fingerprint density at radius 2 is 2.18 bits per heavy atom. The van der Waals surface area contributed by atoms with Crippen molar-refractivity contribution in [1.29, 1.82) is 0 Å². The van der Waals surface area contributed by atoms with Crippen molar-refractivity contribution < 1.29 is 4.74 Å². The lowest BCUT2D eigenvalue weighted by molar-refractivity contribution is 0.275. The van der Waals surface area contributed by atoms with Crippen molar-refractivity contribution >= 4 is 17.0 Å². The van der Waals surface area contributed by atoms with Gasteiger partial charge in [-0.1, -0.05) is 29.5 Å². The number of hydrogen-bond donors (Lipinski definition) is 0. The van der Waals surface area contributed by atoms with Gasteiger partial charge in [-0.15, -0.1) is 5.10 Å². The van der Waals surface area contributed by atoms with Crippen LogP contribution in [0.2, 0.25) is 0 Å². The summed E-state index contributed by atoms with van der Waals surface area (Å²) in [5.74, 6) is 1.02. The standard InChI is InChI=1S/C22H21N5O/c1-28-18-6-2-4-17(13-18)20-9-10-21-22(24-20)27(26-25-21)14-15-7-8-19-16(12-15)5-3-11-23-19/h3-5,7-8,10-13,20H,2,6,9,14H2,1H3. The van der Waals surface area contributed by atoms with Crippen LogP contribution in [0.25, 0.3) is 17.0 Å². The van der Waals surface area contributed by atoms with Crippen LogP contribution in [0.3, 0.4) is 0 Å². The van der Waals surface area contributed by atoms with Gasteiger partial charge in [-0.3, -0.25) is 9.98 Å². The first-order chi connectivity index (χ1) is 13.8. The number of rotatable bonds is 4. The van der Waals surface area contributed by atoms with Crippen molar-refractivity contribution in [2.75, 3.05) is 7.11 Å². The predicted molar refractivity (Wildman–Crippen MR) is 107 cm³/mol. The second-order valence-electron chi connectivity index (χ2n) is 7.13. The zero-order chi connectivity index (χ0) is 18.9. The van der Waals surface area contributed by atoms with Gasteiger partial charge in [-0.2, -0.15) is 0 Å². The fraction of sp³-hybridized carbons (Fsp3) is 0.273. The molecule has 0 radical (unpaired) electrons. The Morgan fingerprint density at radius 1 is 1.21 bits per heavy atom. The Hall–Kier alpha value is -3.28. The summed E-state index contributed by atoms with van der Waals surface area (Å²) >= 11 is 0. The Kier molecular flexibility index (Phi) is 4.24. The number of fused-ring (bicyclic) bond motifs is 2. The molecule has 6 nitrogen and oxygen atoms in total. The van der Waals surface area contributed by atoms with E-state index in [2.05, 4.69) is 51.7 Å². The monoisotopic (exact) mass is 371 g/mol. The van der Waals surface area contributed by atoms with Gasteiger partial charge < -0.3 is 4.74 Å². The molecule has 0 amide bonds. The normalized spacial score (nSPS) is 18.5. The third-order valence-electron chi connectivity index (χ3n) is 5.29. The van der Waals surface area contributed by atoms with Gasteiger partial charge in [-0.05, 0) is 48.3 Å². The van der Waals surface area contributed by atoms with E-state index in [-0.39, 0.29) is 6.04 Å². The first-order valence-corrected chi connectivity index (χ1v) is 9.56. The fourth-order valence-corrected chi connectivity index (χ4v) is 3.81. The Bertz CT molecular complexity index is 1220. The van der Waals surface area contributed by atoms with E-state index in [1.165, 1.54) is 5.57 Å². The minimum atomic E-state index is 0.0935. The molecule has 0 saturated heterocycles. The number of methoxy groups -OCH3 is 1. The highest BCUT2D eigenvalue weighted by Gasteiger charge is 2.18. The second kappa shape index (κ2) is 7.03. The van der Waals surface area contributed by atoms with Gasteiger partial charge in [0.25, 0.3) is 0 Å². The van der Waals surface area contributed by atoms with Crippen molar-refractivity contribution in [2.24, 2.45) is 4.99 Å². The molecule has 28 heavy (non-hydrogen) atoms. The summed E-state index contributed by atoms with van der Waals surface area (Å²) in [6.45, 7) is 0.634. The molecule has 1 aliphatic carbocycles. The third-order valence-corrected chi connectivity index (χ3v) is 5.29. The topological polar surface area (TPSA) is 65.2 Å². The molecule has 0 bridgehead atoms. The Morgan fingerprint density at radius 3 is 3.11 bits per heavy atom. The van der Waals surface area contributed by atoms with E-state index in [4.69, 9.17) is 9.73 Å². The van der Waals surface area contributed by atoms with E-state index < -0.39 is 0 Å². The molecule has 2 aliphatic rings. The van der Waals surface area contributed by atoms with Crippen LogP contribution in [-0.4, -0.2) is 33.1 Å². The summed E-state index contributed by atoms with van der Waals surface area (Å²) < 4.78 is 7.33. The van der Waals surface area contributed by atoms with Gasteiger partial charge in [0.05, 0.1) is 31.0 Å². The van der Waals surface area contributed by atoms with Crippen LogP contribution in [0.5, 0.6) is 0 Å². The van der Waals surface area contributed by atoms with E-state index in [9.17, 15) is 0 Å². The number of nitrogens with zero attached hydrogens (tertiary/aromatic N) is 5. The van der Waals surface area contributed by atoms with Gasteiger partial charge >= 0.3 is 0 Å². The molecule has 3 aromatic rings. The van der Waals surface area contributed by atoms with Crippen LogP contribution in [0.15, 0.2) is 65.0 Å². The van der Waals surface area contributed by atoms with Crippen LogP contribution in [0, 0.1) is 0 Å². The highest BCUT2D eigenvalue weighted by Crippen LogP contribution is 2.23. The molecule has 6 heteroatoms. The van der Waals surface area contributed by atoms with Crippen LogP contribution >= 0.6 is 0 Å². The molecular weight excluding hydrogens is 350 g/mol. The van der Waals surface area contributed by atoms with E-state index in [1.54, 1.807) is 7.11 Å². The Balaban J connectivity index is 1.48. The molecule has 140 valence electrons. The van der Waals surface area contributed by atoms with Gasteiger partial charge in [0.1, 0.15) is 5.35 Å². The van der Waals surface area contributed by atoms with Crippen LogP contribution < -0.4 is 10.8 Å². The van der Waals surface area contributed by atoms with Crippen molar-refractivity contribution in [3.05, 3.63) is 76.4 Å². The Labute approximate surface area is 162 Å². The summed E-state index contributed by atoms with van der Waals surface area (Å²) in [5.41, 5.74) is 4.22. The highest BCUT2D eigenvalue weighted by atomic mass is 16.5. The van der Waals surface area contributed by atoms with Gasteiger partial charge in [0, 0.05) is 18.0 Å². The number of pyridine rings is 1. The summed E-state index contributed by atoms with van der Waals surface area (Å²) in [7, 11) is 1.73. The molecule has 0 spiro atoms. The zero-order valence-corrected chi connectivity index (χ0v) is 15.7. The molecule has 5 rings (SSSR count). The van der Waals surface area contributed by atoms with Crippen molar-refractivity contribution in [3.63, 3.8) is 0 Å². The lowest BCUT2D eigenvalue weighted by atomic mass is 9.96. The molecule has 0 saturated carbocycles. The lowest BCUT2D eigenvalue weighted by Crippen LogP contribution is -2.36. The fourth-order valence-electron chi connectivity index (χ4n) is 3.81. The largest absolute Gasteiger partial charge is 0.501 e. The molecule has 1 aliphatic heterocycles. The summed E-state index contributed by atoms with van der Waals surface area (Å²) in [4.78, 5) is 9.37. The third kappa shape index (κ3) is 3.11. The molecule has 0 N–H and O–H groups in total. The molecule has 1 unspecified atom stereocenters. The number of benzene rings is 1. The number of ether oxygens (including phenoxy) is 1. The van der Waals surface area contributed by atoms with E-state index in [0.29, 0.717) is 6.54 Å². The number of hydrogen-bond acceptors (Lipinski definition) is 5. The smallest absolute Gasteiger partial charge is 0.174 e. The van der Waals surface area contributed by atoms with Crippen molar-refractivity contribution in [2.45, 2.75) is 31.8 Å². The second-order valence-corrected chi connectivity index (χ2v) is 7.13. The first-order valence-electron chi connectivity index (χ1n) is 9.56. The first kappa shape index (κ1) is 16.9. The average molecular weight is 371 g/mol. The zero-order valence-electron chi connectivity index (χ0n) is 15.7. The lowest BCUT2D eigenvalue weighted by Gasteiger charge is -2.18. The predicted octanol–water partition coefficient (Wildman–Crippen LogP) is 2.30. The van der Waals surface area contributed by atoms with Gasteiger partial charge in [-0.25, -0.2) is 4.68 Å². The van der Waals surface area contributed by atoms with E-state index in [1.807, 2.05) is 23.0 Å². The summed E-state index contributed by atoms with van der Waals surface area (Å²) in [5, 5.41) is 10.7. The van der Waals surface area contributed by atoms with E-state index >= 15 is 0 Å². The van der Waals surface area contributed by atoms with Crippen LogP contribution in [0.1, 0.15) is 24.8 Å². The quantitative estimate of drug-likeness (QED) is 0.706.